The van der Waals surface area contributed by atoms with Crippen molar-refractivity contribution in [2.75, 3.05) is 12.4 Å². The van der Waals surface area contributed by atoms with Gasteiger partial charge >= 0.3 is 18.3 Å². The van der Waals surface area contributed by atoms with Gasteiger partial charge in [0.05, 0.1) is 24.2 Å². The second-order valence-electron chi connectivity index (χ2n) is 5.70. The lowest BCUT2D eigenvalue weighted by Crippen LogP contribution is -2.35. The van der Waals surface area contributed by atoms with Crippen LogP contribution in [0.2, 0.25) is 0 Å². The van der Waals surface area contributed by atoms with E-state index in [2.05, 4.69) is 20.0 Å². The normalized spacial score (nSPS) is 16.0. The molecular weight excluding hydrogens is 364 g/mol. The average Bonchev–Trinajstić information content (AvgIpc) is 2.59. The van der Waals surface area contributed by atoms with E-state index in [-0.39, 0.29) is 28.3 Å². The van der Waals surface area contributed by atoms with Gasteiger partial charge in [0.1, 0.15) is 11.6 Å². The van der Waals surface area contributed by atoms with Gasteiger partial charge in [-0.15, -0.1) is 0 Å². The smallest absolute Gasteiger partial charge is 0.387 e. The van der Waals surface area contributed by atoms with Gasteiger partial charge in [-0.25, -0.2) is 9.59 Å². The van der Waals surface area contributed by atoms with E-state index < -0.39 is 29.7 Å². The quantitative estimate of drug-likeness (QED) is 0.697. The van der Waals surface area contributed by atoms with Crippen LogP contribution >= 0.6 is 0 Å². The first kappa shape index (κ1) is 18.4. The first-order valence-corrected chi connectivity index (χ1v) is 7.79. The first-order valence-electron chi connectivity index (χ1n) is 7.79. The van der Waals surface area contributed by atoms with Gasteiger partial charge in [0.15, 0.2) is 0 Å². The van der Waals surface area contributed by atoms with Crippen LogP contribution in [0.15, 0.2) is 45.1 Å². The second-order valence-corrected chi connectivity index (χ2v) is 5.70. The van der Waals surface area contributed by atoms with Crippen molar-refractivity contribution in [1.29, 1.82) is 0 Å². The van der Waals surface area contributed by atoms with Crippen LogP contribution in [0.25, 0.3) is 0 Å². The first-order chi connectivity index (χ1) is 12.8. The zero-order chi connectivity index (χ0) is 19.7. The van der Waals surface area contributed by atoms with Gasteiger partial charge in [0, 0.05) is 11.3 Å². The zero-order valence-corrected chi connectivity index (χ0v) is 14.3. The molecule has 10 heteroatoms. The third kappa shape index (κ3) is 3.33. The second kappa shape index (κ2) is 7.06. The summed E-state index contributed by atoms with van der Waals surface area (Å²) in [4.78, 5) is 41.0. The van der Waals surface area contributed by atoms with Crippen LogP contribution in [0.5, 0.6) is 5.75 Å². The summed E-state index contributed by atoms with van der Waals surface area (Å²) in [5, 5.41) is 2.78. The predicted molar refractivity (Wildman–Crippen MR) is 90.9 cm³/mol. The summed E-state index contributed by atoms with van der Waals surface area (Å²) < 4.78 is 35.0. The van der Waals surface area contributed by atoms with Crippen molar-refractivity contribution in [2.24, 2.45) is 0 Å². The number of fused-ring (bicyclic) bond motifs is 1. The number of carbonyl (C=O) groups excluding carboxylic acids is 1. The number of benzene rings is 1. The maximum absolute atomic E-state index is 12.8. The molecule has 0 amide bonds. The standard InChI is InChI=1S/C17H15F2N3O5/c1-7-10(15(24)26-2)11(8-5-3-4-6-9(8)27-16(18)19)12-13(20-7)21-17(25)22-14(12)23/h3-6,11,16H,1-2H3,(H3,20,21,22,23,25)/t11-/m1/s1. The van der Waals surface area contributed by atoms with Crippen molar-refractivity contribution < 1.29 is 23.0 Å². The summed E-state index contributed by atoms with van der Waals surface area (Å²) in [6.45, 7) is -1.56. The fraction of sp³-hybridized carbons (Fsp3) is 0.235. The average molecular weight is 379 g/mol. The summed E-state index contributed by atoms with van der Waals surface area (Å²) in [6.07, 6.45) is 0. The van der Waals surface area contributed by atoms with Crippen LogP contribution in [0.4, 0.5) is 14.6 Å². The molecule has 1 aliphatic rings. The summed E-state index contributed by atoms with van der Waals surface area (Å²) in [5.41, 5.74) is -1.06. The van der Waals surface area contributed by atoms with Crippen molar-refractivity contribution in [1.82, 2.24) is 9.97 Å². The van der Waals surface area contributed by atoms with E-state index in [9.17, 15) is 23.2 Å². The Morgan fingerprint density at radius 2 is 1.89 bits per heavy atom. The minimum absolute atomic E-state index is 0.0223. The maximum atomic E-state index is 12.8. The largest absolute Gasteiger partial charge is 0.466 e. The number of aromatic amines is 2. The number of nitrogens with one attached hydrogen (secondary N) is 3. The number of H-pyrrole nitrogens is 2. The molecule has 2 aromatic rings. The number of anilines is 1. The topological polar surface area (TPSA) is 113 Å². The number of aromatic nitrogens is 2. The number of allylic oxidation sites excluding steroid dienone is 1. The fourth-order valence-electron chi connectivity index (χ4n) is 3.10. The molecule has 0 unspecified atom stereocenters. The van der Waals surface area contributed by atoms with Crippen LogP contribution in [-0.4, -0.2) is 29.7 Å². The maximum Gasteiger partial charge on any atom is 0.387 e. The van der Waals surface area contributed by atoms with Crippen molar-refractivity contribution >= 4 is 11.8 Å². The molecule has 3 rings (SSSR count). The molecule has 1 aromatic heterocycles. The number of alkyl halides is 2. The molecule has 0 radical (unpaired) electrons. The van der Waals surface area contributed by atoms with Gasteiger partial charge in [-0.1, -0.05) is 18.2 Å². The number of hydrogen-bond donors (Lipinski definition) is 3. The van der Waals surface area contributed by atoms with Crippen molar-refractivity contribution in [3.8, 4) is 5.75 Å². The Hall–Kier alpha value is -3.43. The minimum Gasteiger partial charge on any atom is -0.466 e. The predicted octanol–water partition coefficient (Wildman–Crippen LogP) is 1.67. The van der Waals surface area contributed by atoms with Gasteiger partial charge in [-0.05, 0) is 13.0 Å². The van der Waals surface area contributed by atoms with Crippen molar-refractivity contribution in [3.63, 3.8) is 0 Å². The van der Waals surface area contributed by atoms with Crippen LogP contribution in [0.3, 0.4) is 0 Å². The highest BCUT2D eigenvalue weighted by Gasteiger charge is 2.37. The van der Waals surface area contributed by atoms with E-state index >= 15 is 0 Å². The number of esters is 1. The Balaban J connectivity index is 2.33. The minimum atomic E-state index is -3.10. The molecule has 0 spiro atoms. The van der Waals surface area contributed by atoms with Crippen LogP contribution < -0.4 is 21.3 Å². The van der Waals surface area contributed by atoms with Crippen molar-refractivity contribution in [3.05, 3.63) is 67.5 Å². The summed E-state index contributed by atoms with van der Waals surface area (Å²) in [7, 11) is 1.16. The SMILES string of the molecule is COC(=O)C1=C(C)Nc2[nH]c(=O)[nH]c(=O)c2[C@@H]1c1ccccc1OC(F)F. The third-order valence-electron chi connectivity index (χ3n) is 4.12. The Kier molecular flexibility index (Phi) is 4.80. The molecule has 27 heavy (non-hydrogen) atoms. The van der Waals surface area contributed by atoms with Gasteiger partial charge in [-0.3, -0.25) is 14.8 Å². The monoisotopic (exact) mass is 379 g/mol. The highest BCUT2D eigenvalue weighted by atomic mass is 19.3. The van der Waals surface area contributed by atoms with E-state index in [1.807, 2.05) is 0 Å². The molecule has 0 fully saturated rings. The zero-order valence-electron chi connectivity index (χ0n) is 14.3. The molecule has 142 valence electrons. The van der Waals surface area contributed by atoms with Crippen LogP contribution in [0, 0.1) is 0 Å². The van der Waals surface area contributed by atoms with E-state index in [1.54, 1.807) is 6.07 Å². The molecule has 1 aliphatic heterocycles. The molecule has 0 saturated heterocycles. The number of carbonyl (C=O) groups is 1. The number of hydrogen-bond acceptors (Lipinski definition) is 6. The highest BCUT2D eigenvalue weighted by molar-refractivity contribution is 5.94. The van der Waals surface area contributed by atoms with E-state index in [0.717, 1.165) is 7.11 Å². The number of halogens is 2. The van der Waals surface area contributed by atoms with Gasteiger partial charge in [-0.2, -0.15) is 8.78 Å². The third-order valence-corrected chi connectivity index (χ3v) is 4.12. The summed E-state index contributed by atoms with van der Waals surface area (Å²) >= 11 is 0. The highest BCUT2D eigenvalue weighted by Crippen LogP contribution is 2.42. The number of methoxy groups -OCH3 is 1. The Bertz CT molecular complexity index is 1040. The fourth-order valence-corrected chi connectivity index (χ4v) is 3.10. The lowest BCUT2D eigenvalue weighted by molar-refractivity contribution is -0.136. The van der Waals surface area contributed by atoms with E-state index in [4.69, 9.17) is 4.74 Å². The van der Waals surface area contributed by atoms with Gasteiger partial charge < -0.3 is 14.8 Å². The molecule has 0 aliphatic carbocycles. The summed E-state index contributed by atoms with van der Waals surface area (Å²) in [5.74, 6) is -1.99. The number of rotatable bonds is 4. The molecule has 0 bridgehead atoms. The molecule has 1 atom stereocenters. The van der Waals surface area contributed by atoms with Crippen LogP contribution in [-0.2, 0) is 9.53 Å². The van der Waals surface area contributed by atoms with Crippen molar-refractivity contribution in [2.45, 2.75) is 19.5 Å². The molecule has 8 nitrogen and oxygen atoms in total. The molecular formula is C17H15F2N3O5. The number of para-hydroxylation sites is 1. The number of ether oxygens (including phenoxy) is 2. The van der Waals surface area contributed by atoms with E-state index in [0.29, 0.717) is 5.70 Å². The molecule has 2 heterocycles. The molecule has 3 N–H and O–H groups in total. The van der Waals surface area contributed by atoms with E-state index in [1.165, 1.54) is 25.1 Å². The lowest BCUT2D eigenvalue weighted by atomic mass is 9.82. The Morgan fingerprint density at radius 3 is 2.56 bits per heavy atom. The Morgan fingerprint density at radius 1 is 1.19 bits per heavy atom. The Labute approximate surface area is 150 Å². The van der Waals surface area contributed by atoms with Gasteiger partial charge in [0.2, 0.25) is 0 Å². The lowest BCUT2D eigenvalue weighted by Gasteiger charge is -2.29. The summed E-state index contributed by atoms with van der Waals surface area (Å²) in [6, 6.07) is 5.79. The van der Waals surface area contributed by atoms with Crippen LogP contribution in [0.1, 0.15) is 24.0 Å². The van der Waals surface area contributed by atoms with Gasteiger partial charge in [0.25, 0.3) is 5.56 Å². The molecule has 0 saturated carbocycles. The molecule has 1 aromatic carbocycles.